The molecule has 0 fully saturated rings. The summed E-state index contributed by atoms with van der Waals surface area (Å²) in [5.41, 5.74) is 5.26. The molecule has 1 amide bonds. The van der Waals surface area contributed by atoms with Crippen molar-refractivity contribution in [3.8, 4) is 0 Å². The highest BCUT2D eigenvalue weighted by atomic mass is 16.3. The molecule has 1 atom stereocenters. The molecule has 0 saturated carbocycles. The Morgan fingerprint density at radius 3 is 2.86 bits per heavy atom. The van der Waals surface area contributed by atoms with Crippen LogP contribution in [-0.2, 0) is 4.79 Å². The van der Waals surface area contributed by atoms with Crippen LogP contribution in [0.25, 0.3) is 0 Å². The minimum atomic E-state index is -0.0947. The number of nitrogens with two attached hydrogens (primary N) is 1. The number of amides is 1. The molecule has 0 bridgehead atoms. The minimum Gasteiger partial charge on any atom is -0.464 e. The molecule has 0 saturated heterocycles. The Hall–Kier alpha value is -1.29. The second-order valence-electron chi connectivity index (χ2n) is 3.28. The lowest BCUT2D eigenvalue weighted by atomic mass is 10.2. The molecule has 78 valence electrons. The smallest absolute Gasteiger partial charge is 0.221 e. The fourth-order valence-corrected chi connectivity index (χ4v) is 1.20. The Balaban J connectivity index is 2.50. The van der Waals surface area contributed by atoms with Gasteiger partial charge in [-0.2, -0.15) is 0 Å². The van der Waals surface area contributed by atoms with Crippen LogP contribution in [0.4, 0.5) is 0 Å². The molecular weight excluding hydrogens is 180 g/mol. The molecule has 0 radical (unpaired) electrons. The van der Waals surface area contributed by atoms with Gasteiger partial charge < -0.3 is 15.5 Å². The van der Waals surface area contributed by atoms with Crippen molar-refractivity contribution >= 4 is 5.91 Å². The van der Waals surface area contributed by atoms with Crippen LogP contribution in [0.15, 0.2) is 16.5 Å². The summed E-state index contributed by atoms with van der Waals surface area (Å²) in [6, 6.07) is 3.65. The predicted molar refractivity (Wildman–Crippen MR) is 53.7 cm³/mol. The van der Waals surface area contributed by atoms with E-state index in [9.17, 15) is 4.79 Å². The second kappa shape index (κ2) is 4.81. The lowest BCUT2D eigenvalue weighted by molar-refractivity contribution is -0.121. The van der Waals surface area contributed by atoms with E-state index in [0.29, 0.717) is 13.0 Å². The summed E-state index contributed by atoms with van der Waals surface area (Å²) in [6.45, 7) is 4.13. The zero-order valence-corrected chi connectivity index (χ0v) is 8.54. The van der Waals surface area contributed by atoms with Gasteiger partial charge in [-0.25, -0.2) is 0 Å². The summed E-state index contributed by atoms with van der Waals surface area (Å²) in [6.07, 6.45) is 0.351. The quantitative estimate of drug-likeness (QED) is 0.758. The van der Waals surface area contributed by atoms with Gasteiger partial charge in [0.1, 0.15) is 11.5 Å². The molecule has 0 spiro atoms. The average Bonchev–Trinajstić information content (AvgIpc) is 2.52. The number of nitrogens with one attached hydrogen (secondary N) is 1. The molecule has 4 heteroatoms. The van der Waals surface area contributed by atoms with Crippen molar-refractivity contribution in [2.24, 2.45) is 5.73 Å². The molecule has 0 aliphatic heterocycles. The molecule has 0 aromatic carbocycles. The predicted octanol–water partition coefficient (Wildman–Crippen LogP) is 1.11. The van der Waals surface area contributed by atoms with Gasteiger partial charge in [0, 0.05) is 13.0 Å². The first-order valence-corrected chi connectivity index (χ1v) is 4.69. The van der Waals surface area contributed by atoms with Crippen LogP contribution >= 0.6 is 0 Å². The SMILES string of the molecule is Cc1ccc(C(C)NC(=O)CCN)o1. The van der Waals surface area contributed by atoms with E-state index < -0.39 is 0 Å². The standard InChI is InChI=1S/C10H16N2O2/c1-7-3-4-9(14-7)8(2)12-10(13)5-6-11/h3-4,8H,5-6,11H2,1-2H3,(H,12,13). The van der Waals surface area contributed by atoms with E-state index in [2.05, 4.69) is 5.32 Å². The van der Waals surface area contributed by atoms with Crippen LogP contribution in [0.3, 0.4) is 0 Å². The third-order valence-corrected chi connectivity index (χ3v) is 1.94. The Bertz CT molecular complexity index is 307. The summed E-state index contributed by atoms with van der Waals surface area (Å²) in [5.74, 6) is 1.57. The molecule has 1 rings (SSSR count). The van der Waals surface area contributed by atoms with E-state index in [4.69, 9.17) is 10.2 Å². The van der Waals surface area contributed by atoms with E-state index in [0.717, 1.165) is 11.5 Å². The largest absolute Gasteiger partial charge is 0.464 e. The van der Waals surface area contributed by atoms with Crippen molar-refractivity contribution < 1.29 is 9.21 Å². The monoisotopic (exact) mass is 196 g/mol. The highest BCUT2D eigenvalue weighted by Crippen LogP contribution is 2.15. The lowest BCUT2D eigenvalue weighted by Gasteiger charge is -2.10. The van der Waals surface area contributed by atoms with Crippen LogP contribution in [0.1, 0.15) is 30.9 Å². The topological polar surface area (TPSA) is 68.3 Å². The van der Waals surface area contributed by atoms with Gasteiger partial charge in [0.2, 0.25) is 5.91 Å². The summed E-state index contributed by atoms with van der Waals surface area (Å²) >= 11 is 0. The second-order valence-corrected chi connectivity index (χ2v) is 3.28. The molecule has 1 heterocycles. The number of rotatable bonds is 4. The molecule has 1 aromatic heterocycles. The molecule has 0 aliphatic carbocycles. The summed E-state index contributed by atoms with van der Waals surface area (Å²) in [4.78, 5) is 11.2. The number of aryl methyl sites for hydroxylation is 1. The Morgan fingerprint density at radius 2 is 2.36 bits per heavy atom. The number of carbonyl (C=O) groups is 1. The van der Waals surface area contributed by atoms with Gasteiger partial charge in [-0.1, -0.05) is 0 Å². The van der Waals surface area contributed by atoms with Gasteiger partial charge in [0.15, 0.2) is 0 Å². The van der Waals surface area contributed by atoms with Gasteiger partial charge in [0.25, 0.3) is 0 Å². The van der Waals surface area contributed by atoms with Crippen molar-refractivity contribution in [1.29, 1.82) is 0 Å². The molecular formula is C10H16N2O2. The van der Waals surface area contributed by atoms with Crippen LogP contribution in [0.2, 0.25) is 0 Å². The van der Waals surface area contributed by atoms with Crippen LogP contribution < -0.4 is 11.1 Å². The zero-order valence-electron chi connectivity index (χ0n) is 8.54. The van der Waals surface area contributed by atoms with Crippen molar-refractivity contribution in [1.82, 2.24) is 5.32 Å². The molecule has 14 heavy (non-hydrogen) atoms. The first-order valence-electron chi connectivity index (χ1n) is 4.69. The maximum absolute atomic E-state index is 11.2. The number of hydrogen-bond donors (Lipinski definition) is 2. The van der Waals surface area contributed by atoms with Gasteiger partial charge in [-0.05, 0) is 26.0 Å². The summed E-state index contributed by atoms with van der Waals surface area (Å²) < 4.78 is 5.38. The fourth-order valence-electron chi connectivity index (χ4n) is 1.20. The zero-order chi connectivity index (χ0) is 10.6. The molecule has 1 aromatic rings. The van der Waals surface area contributed by atoms with E-state index in [1.54, 1.807) is 0 Å². The third-order valence-electron chi connectivity index (χ3n) is 1.94. The Morgan fingerprint density at radius 1 is 1.64 bits per heavy atom. The third kappa shape index (κ3) is 2.88. The van der Waals surface area contributed by atoms with E-state index in [1.165, 1.54) is 0 Å². The summed E-state index contributed by atoms with van der Waals surface area (Å²) in [7, 11) is 0. The van der Waals surface area contributed by atoms with Gasteiger partial charge in [-0.15, -0.1) is 0 Å². The highest BCUT2D eigenvalue weighted by molar-refractivity contribution is 5.76. The average molecular weight is 196 g/mol. The van der Waals surface area contributed by atoms with Crippen molar-refractivity contribution in [2.75, 3.05) is 6.54 Å². The maximum atomic E-state index is 11.2. The number of furan rings is 1. The van der Waals surface area contributed by atoms with E-state index in [-0.39, 0.29) is 11.9 Å². The first kappa shape index (κ1) is 10.8. The van der Waals surface area contributed by atoms with Crippen molar-refractivity contribution in [3.63, 3.8) is 0 Å². The molecule has 0 aliphatic rings. The Kier molecular flexibility index (Phi) is 3.71. The fraction of sp³-hybridized carbons (Fsp3) is 0.500. The van der Waals surface area contributed by atoms with Gasteiger partial charge in [-0.3, -0.25) is 4.79 Å². The van der Waals surface area contributed by atoms with Crippen LogP contribution in [0.5, 0.6) is 0 Å². The molecule has 3 N–H and O–H groups in total. The van der Waals surface area contributed by atoms with Crippen molar-refractivity contribution in [2.45, 2.75) is 26.3 Å². The van der Waals surface area contributed by atoms with Crippen molar-refractivity contribution in [3.05, 3.63) is 23.7 Å². The molecule has 1 unspecified atom stereocenters. The van der Waals surface area contributed by atoms with Crippen LogP contribution in [-0.4, -0.2) is 12.5 Å². The molecule has 4 nitrogen and oxygen atoms in total. The Labute approximate surface area is 83.5 Å². The lowest BCUT2D eigenvalue weighted by Crippen LogP contribution is -2.28. The number of carbonyl (C=O) groups excluding carboxylic acids is 1. The normalized spacial score (nSPS) is 12.5. The summed E-state index contributed by atoms with van der Waals surface area (Å²) in [5, 5.41) is 2.80. The van der Waals surface area contributed by atoms with Crippen LogP contribution in [0, 0.1) is 6.92 Å². The van der Waals surface area contributed by atoms with Gasteiger partial charge in [0.05, 0.1) is 6.04 Å². The first-order chi connectivity index (χ1) is 6.63. The minimum absolute atomic E-state index is 0.0472. The van der Waals surface area contributed by atoms with E-state index >= 15 is 0 Å². The maximum Gasteiger partial charge on any atom is 0.221 e. The highest BCUT2D eigenvalue weighted by Gasteiger charge is 2.11. The van der Waals surface area contributed by atoms with Gasteiger partial charge >= 0.3 is 0 Å². The van der Waals surface area contributed by atoms with E-state index in [1.807, 2.05) is 26.0 Å². The number of hydrogen-bond acceptors (Lipinski definition) is 3.